The van der Waals surface area contributed by atoms with E-state index in [1.54, 1.807) is 7.05 Å². The number of hydrogen-bond donors (Lipinski definition) is 3. The molecule has 0 bridgehead atoms. The summed E-state index contributed by atoms with van der Waals surface area (Å²) in [5.74, 6) is -0.891. The number of nitrogens with one attached hydrogen (secondary N) is 2. The number of carbonyl (C=O) groups is 1. The molecule has 1 aromatic carbocycles. The third-order valence-electron chi connectivity index (χ3n) is 2.17. The Labute approximate surface area is 109 Å². The van der Waals surface area contributed by atoms with Crippen LogP contribution in [0.25, 0.3) is 0 Å². The maximum atomic E-state index is 11.8. The first-order chi connectivity index (χ1) is 8.77. The molecular formula is C9H12N4O5S. The van der Waals surface area contributed by atoms with E-state index in [4.69, 9.17) is 5.73 Å². The average molecular weight is 288 g/mol. The lowest BCUT2D eigenvalue weighted by Crippen LogP contribution is -2.33. The van der Waals surface area contributed by atoms with Gasteiger partial charge in [0.1, 0.15) is 0 Å². The summed E-state index contributed by atoms with van der Waals surface area (Å²) in [6.45, 7) is -0.632. The second-order valence-corrected chi connectivity index (χ2v) is 5.22. The Kier molecular flexibility index (Phi) is 4.40. The Hall–Kier alpha value is -2.20. The molecule has 0 aromatic heterocycles. The zero-order valence-electron chi connectivity index (χ0n) is 9.91. The first kappa shape index (κ1) is 14.9. The van der Waals surface area contributed by atoms with E-state index >= 15 is 0 Å². The second-order valence-electron chi connectivity index (χ2n) is 3.48. The van der Waals surface area contributed by atoms with Crippen molar-refractivity contribution in [3.05, 3.63) is 28.3 Å². The zero-order valence-corrected chi connectivity index (χ0v) is 10.7. The Balaban J connectivity index is 3.25. The first-order valence-electron chi connectivity index (χ1n) is 5.02. The van der Waals surface area contributed by atoms with Gasteiger partial charge in [-0.3, -0.25) is 14.9 Å². The topological polar surface area (TPSA) is 144 Å². The maximum Gasteiger partial charge on any atom is 0.291 e. The van der Waals surface area contributed by atoms with Crippen molar-refractivity contribution < 1.29 is 18.1 Å². The lowest BCUT2D eigenvalue weighted by molar-refractivity contribution is -0.387. The third kappa shape index (κ3) is 3.63. The number of anilines is 1. The van der Waals surface area contributed by atoms with Gasteiger partial charge in [0.15, 0.2) is 4.90 Å². The molecule has 0 aliphatic carbocycles. The van der Waals surface area contributed by atoms with Gasteiger partial charge in [-0.25, -0.2) is 13.1 Å². The van der Waals surface area contributed by atoms with Gasteiger partial charge in [-0.2, -0.15) is 0 Å². The molecule has 1 rings (SSSR count). The molecular weight excluding hydrogens is 276 g/mol. The maximum absolute atomic E-state index is 11.8. The van der Waals surface area contributed by atoms with Gasteiger partial charge in [0.2, 0.25) is 15.9 Å². The number of hydrogen-bond acceptors (Lipinski definition) is 6. The normalized spacial score (nSPS) is 11.0. The average Bonchev–Trinajstić information content (AvgIpc) is 2.35. The monoisotopic (exact) mass is 288 g/mol. The number of amides is 1. The summed E-state index contributed by atoms with van der Waals surface area (Å²) in [5.41, 5.74) is 4.61. The molecule has 0 heterocycles. The minimum atomic E-state index is -4.18. The molecule has 0 aliphatic heterocycles. The number of carbonyl (C=O) groups excluding carboxylic acids is 1. The zero-order chi connectivity index (χ0) is 14.6. The SMILES string of the molecule is CNc1ccc(S(=O)(=O)NCC(N)=O)c([N+](=O)[O-])c1. The van der Waals surface area contributed by atoms with E-state index < -0.39 is 38.0 Å². The van der Waals surface area contributed by atoms with Crippen molar-refractivity contribution in [1.82, 2.24) is 4.72 Å². The highest BCUT2D eigenvalue weighted by Crippen LogP contribution is 2.26. The van der Waals surface area contributed by atoms with Crippen LogP contribution in [0, 0.1) is 10.1 Å². The van der Waals surface area contributed by atoms with Crippen molar-refractivity contribution in [3.8, 4) is 0 Å². The molecule has 4 N–H and O–H groups in total. The minimum absolute atomic E-state index is 0.389. The van der Waals surface area contributed by atoms with Gasteiger partial charge in [0, 0.05) is 18.8 Å². The van der Waals surface area contributed by atoms with Gasteiger partial charge in [-0.15, -0.1) is 0 Å². The number of sulfonamides is 1. The molecule has 0 fully saturated rings. The van der Waals surface area contributed by atoms with Crippen LogP contribution in [0.4, 0.5) is 11.4 Å². The molecule has 0 unspecified atom stereocenters. The summed E-state index contributed by atoms with van der Waals surface area (Å²) in [4.78, 5) is 20.1. The Morgan fingerprint density at radius 1 is 1.47 bits per heavy atom. The molecule has 0 aliphatic rings. The summed E-state index contributed by atoms with van der Waals surface area (Å²) in [6, 6.07) is 3.53. The van der Waals surface area contributed by atoms with Crippen molar-refractivity contribution in [1.29, 1.82) is 0 Å². The van der Waals surface area contributed by atoms with E-state index in [-0.39, 0.29) is 0 Å². The van der Waals surface area contributed by atoms with Crippen molar-refractivity contribution in [2.75, 3.05) is 18.9 Å². The summed E-state index contributed by atoms with van der Waals surface area (Å²) >= 11 is 0. The first-order valence-corrected chi connectivity index (χ1v) is 6.50. The quantitative estimate of drug-likeness (QED) is 0.471. The molecule has 0 saturated carbocycles. The van der Waals surface area contributed by atoms with Crippen LogP contribution in [0.3, 0.4) is 0 Å². The number of nitrogens with zero attached hydrogens (tertiary/aromatic N) is 1. The van der Waals surface area contributed by atoms with E-state index in [0.29, 0.717) is 5.69 Å². The van der Waals surface area contributed by atoms with Gasteiger partial charge in [-0.05, 0) is 12.1 Å². The smallest absolute Gasteiger partial charge is 0.291 e. The van der Waals surface area contributed by atoms with E-state index in [1.807, 2.05) is 4.72 Å². The van der Waals surface area contributed by atoms with Crippen LogP contribution in [-0.2, 0) is 14.8 Å². The number of nitro groups is 1. The predicted molar refractivity (Wildman–Crippen MR) is 67.0 cm³/mol. The molecule has 0 spiro atoms. The van der Waals surface area contributed by atoms with Crippen molar-refractivity contribution in [2.45, 2.75) is 4.90 Å². The molecule has 104 valence electrons. The number of nitro benzene ring substituents is 1. The molecule has 10 heteroatoms. The van der Waals surface area contributed by atoms with E-state index in [0.717, 1.165) is 12.1 Å². The molecule has 0 atom stereocenters. The number of benzene rings is 1. The highest BCUT2D eigenvalue weighted by atomic mass is 32.2. The standard InChI is InChI=1S/C9H12N4O5S/c1-11-6-2-3-8(7(4-6)13(15)16)19(17,18)12-5-9(10)14/h2-4,11-12H,5H2,1H3,(H2,10,14). The molecule has 1 amide bonds. The van der Waals surface area contributed by atoms with Crippen LogP contribution in [0.2, 0.25) is 0 Å². The molecule has 0 saturated heterocycles. The third-order valence-corrected chi connectivity index (χ3v) is 3.62. The molecule has 19 heavy (non-hydrogen) atoms. The Morgan fingerprint density at radius 3 is 2.58 bits per heavy atom. The summed E-state index contributed by atoms with van der Waals surface area (Å²) < 4.78 is 25.5. The van der Waals surface area contributed by atoms with Gasteiger partial charge in [0.25, 0.3) is 5.69 Å². The van der Waals surface area contributed by atoms with Gasteiger partial charge < -0.3 is 11.1 Å². The Morgan fingerprint density at radius 2 is 2.11 bits per heavy atom. The van der Waals surface area contributed by atoms with E-state index in [2.05, 4.69) is 5.32 Å². The van der Waals surface area contributed by atoms with Gasteiger partial charge >= 0.3 is 0 Å². The second kappa shape index (κ2) is 5.63. The highest BCUT2D eigenvalue weighted by Gasteiger charge is 2.26. The molecule has 1 aromatic rings. The van der Waals surface area contributed by atoms with Crippen LogP contribution in [0.5, 0.6) is 0 Å². The van der Waals surface area contributed by atoms with Gasteiger partial charge in [0.05, 0.1) is 11.5 Å². The number of primary amides is 1. The minimum Gasteiger partial charge on any atom is -0.388 e. The molecule has 9 nitrogen and oxygen atoms in total. The van der Waals surface area contributed by atoms with Crippen LogP contribution < -0.4 is 15.8 Å². The van der Waals surface area contributed by atoms with Crippen molar-refractivity contribution in [2.24, 2.45) is 5.73 Å². The fraction of sp³-hybridized carbons (Fsp3) is 0.222. The largest absolute Gasteiger partial charge is 0.388 e. The van der Waals surface area contributed by atoms with Crippen molar-refractivity contribution >= 4 is 27.3 Å². The van der Waals surface area contributed by atoms with Crippen LogP contribution >= 0.6 is 0 Å². The van der Waals surface area contributed by atoms with Gasteiger partial charge in [-0.1, -0.05) is 0 Å². The van der Waals surface area contributed by atoms with Crippen LogP contribution in [0.15, 0.2) is 23.1 Å². The van der Waals surface area contributed by atoms with Crippen LogP contribution in [-0.4, -0.2) is 32.8 Å². The Bertz CT molecular complexity index is 613. The summed E-state index contributed by atoms with van der Waals surface area (Å²) in [5, 5.41) is 13.5. The lowest BCUT2D eigenvalue weighted by Gasteiger charge is -2.07. The fourth-order valence-electron chi connectivity index (χ4n) is 1.29. The fourth-order valence-corrected chi connectivity index (χ4v) is 2.43. The molecule has 0 radical (unpaired) electrons. The van der Waals surface area contributed by atoms with E-state index in [1.165, 1.54) is 6.07 Å². The summed E-state index contributed by atoms with van der Waals surface area (Å²) in [7, 11) is -2.64. The number of nitrogens with two attached hydrogens (primary N) is 1. The number of rotatable bonds is 6. The summed E-state index contributed by atoms with van der Waals surface area (Å²) in [6.07, 6.45) is 0. The van der Waals surface area contributed by atoms with Crippen molar-refractivity contribution in [3.63, 3.8) is 0 Å². The lowest BCUT2D eigenvalue weighted by atomic mass is 10.3. The highest BCUT2D eigenvalue weighted by molar-refractivity contribution is 7.89. The predicted octanol–water partition coefficient (Wildman–Crippen LogP) is -0.600. The van der Waals surface area contributed by atoms with E-state index in [9.17, 15) is 23.3 Å². The van der Waals surface area contributed by atoms with Crippen LogP contribution in [0.1, 0.15) is 0 Å².